The second kappa shape index (κ2) is 11.0. The summed E-state index contributed by atoms with van der Waals surface area (Å²) in [5.41, 5.74) is 0. The quantitative estimate of drug-likeness (QED) is 0.146. The van der Waals surface area contributed by atoms with Crippen molar-refractivity contribution < 1.29 is 23.9 Å². The summed E-state index contributed by atoms with van der Waals surface area (Å²) in [6.07, 6.45) is 11.0. The molecule has 5 nitrogen and oxygen atoms in total. The first-order chi connectivity index (χ1) is 10.3. The van der Waals surface area contributed by atoms with Crippen molar-refractivity contribution in [3.63, 3.8) is 0 Å². The summed E-state index contributed by atoms with van der Waals surface area (Å²) >= 11 is 0. The van der Waals surface area contributed by atoms with Crippen LogP contribution >= 0.6 is 0 Å². The zero-order valence-corrected chi connectivity index (χ0v) is 14.2. The van der Waals surface area contributed by atoms with Crippen LogP contribution in [0.3, 0.4) is 0 Å². The van der Waals surface area contributed by atoms with Crippen LogP contribution in [0.25, 0.3) is 0 Å². The Balaban J connectivity index is 4.30. The van der Waals surface area contributed by atoms with Crippen LogP contribution < -0.4 is 5.11 Å². The molecule has 126 valence electrons. The van der Waals surface area contributed by atoms with Crippen LogP contribution in [0.15, 0.2) is 24.3 Å². The van der Waals surface area contributed by atoms with Crippen LogP contribution in [0.1, 0.15) is 45.4 Å². The third-order valence-electron chi connectivity index (χ3n) is 3.17. The first kappa shape index (κ1) is 20.4. The van der Waals surface area contributed by atoms with Gasteiger partial charge in [0.15, 0.2) is 0 Å². The fourth-order valence-electron chi connectivity index (χ4n) is 1.84. The molecule has 0 spiro atoms. The van der Waals surface area contributed by atoms with Crippen LogP contribution in [0.4, 0.5) is 0 Å². The predicted molar refractivity (Wildman–Crippen MR) is 84.6 cm³/mol. The predicted octanol–water partition coefficient (Wildman–Crippen LogP) is 1.78. The highest BCUT2D eigenvalue weighted by atomic mass is 16.6. The molecule has 0 unspecified atom stereocenters. The zero-order chi connectivity index (χ0) is 17.0. The van der Waals surface area contributed by atoms with Gasteiger partial charge in [-0.2, -0.15) is 0 Å². The first-order valence-electron chi connectivity index (χ1n) is 7.82. The van der Waals surface area contributed by atoms with Gasteiger partial charge in [0.2, 0.25) is 6.23 Å². The topological polar surface area (TPSA) is 66.4 Å². The lowest BCUT2D eigenvalue weighted by Crippen LogP contribution is -2.48. The lowest BCUT2D eigenvalue weighted by molar-refractivity contribution is -0.917. The number of unbranched alkanes of at least 4 members (excludes halogenated alkanes) is 3. The third-order valence-corrected chi connectivity index (χ3v) is 3.17. The number of nitrogens with zero attached hydrogens (tertiary/aromatic N) is 1. The summed E-state index contributed by atoms with van der Waals surface area (Å²) in [7, 11) is 5.56. The molecule has 0 N–H and O–H groups in total. The van der Waals surface area contributed by atoms with Crippen molar-refractivity contribution in [3.05, 3.63) is 24.3 Å². The number of hydrogen-bond donors (Lipinski definition) is 0. The molecule has 0 radical (unpaired) electrons. The van der Waals surface area contributed by atoms with Gasteiger partial charge in [0.25, 0.3) is 0 Å². The van der Waals surface area contributed by atoms with Gasteiger partial charge in [0, 0.05) is 18.5 Å². The molecule has 0 saturated carbocycles. The van der Waals surface area contributed by atoms with E-state index in [1.54, 1.807) is 6.08 Å². The number of quaternary nitrogens is 1. The maximum atomic E-state index is 11.8. The van der Waals surface area contributed by atoms with Crippen LogP contribution in [-0.2, 0) is 14.3 Å². The monoisotopic (exact) mass is 311 g/mol. The largest absolute Gasteiger partial charge is 0.550 e. The standard InChI is InChI=1S/C17H29NO4/c1-5-6-7-8-9-10-11-12-17(21)22-15(18(2,3)4)13-14-16(19)20/h9-12,15H,5-8,13-14H2,1-4H3/b10-9-,12-11+/t15-/m0/s1. The van der Waals surface area contributed by atoms with E-state index in [2.05, 4.69) is 6.92 Å². The number of esters is 1. The Morgan fingerprint density at radius 2 is 1.86 bits per heavy atom. The molecule has 0 aliphatic carbocycles. The molecule has 1 atom stereocenters. The molecule has 0 rings (SSSR count). The van der Waals surface area contributed by atoms with Gasteiger partial charge in [-0.25, -0.2) is 4.79 Å². The average Bonchev–Trinajstić information content (AvgIpc) is 2.41. The molecule has 0 aromatic carbocycles. The van der Waals surface area contributed by atoms with Crippen molar-refractivity contribution in [1.82, 2.24) is 0 Å². The Kier molecular flexibility index (Phi) is 10.2. The Bertz CT molecular complexity index is 394. The van der Waals surface area contributed by atoms with Gasteiger partial charge in [0.1, 0.15) is 0 Å². The molecular weight excluding hydrogens is 282 g/mol. The van der Waals surface area contributed by atoms with E-state index in [4.69, 9.17) is 4.74 Å². The first-order valence-corrected chi connectivity index (χ1v) is 7.82. The van der Waals surface area contributed by atoms with Crippen molar-refractivity contribution in [2.24, 2.45) is 0 Å². The van der Waals surface area contributed by atoms with Crippen molar-refractivity contribution in [1.29, 1.82) is 0 Å². The molecule has 0 saturated heterocycles. The molecule has 0 amide bonds. The van der Waals surface area contributed by atoms with Gasteiger partial charge in [-0.3, -0.25) is 4.48 Å². The van der Waals surface area contributed by atoms with Crippen molar-refractivity contribution in [3.8, 4) is 0 Å². The van der Waals surface area contributed by atoms with Crippen LogP contribution in [0.5, 0.6) is 0 Å². The number of aliphatic carboxylic acids is 1. The van der Waals surface area contributed by atoms with E-state index in [-0.39, 0.29) is 12.8 Å². The van der Waals surface area contributed by atoms with Crippen LogP contribution in [0, 0.1) is 0 Å². The summed E-state index contributed by atoms with van der Waals surface area (Å²) in [6, 6.07) is 0. The Morgan fingerprint density at radius 1 is 1.18 bits per heavy atom. The maximum Gasteiger partial charge on any atom is 0.335 e. The highest BCUT2D eigenvalue weighted by molar-refractivity contribution is 5.82. The lowest BCUT2D eigenvalue weighted by Gasteiger charge is -2.32. The number of carboxylic acid groups (broad SMARTS) is 1. The molecule has 0 bridgehead atoms. The van der Waals surface area contributed by atoms with Gasteiger partial charge in [0.05, 0.1) is 21.1 Å². The minimum atomic E-state index is -1.14. The Morgan fingerprint density at radius 3 is 2.41 bits per heavy atom. The van der Waals surface area contributed by atoms with Crippen molar-refractivity contribution in [2.45, 2.75) is 51.7 Å². The van der Waals surface area contributed by atoms with Gasteiger partial charge < -0.3 is 14.6 Å². The molecule has 0 aromatic heterocycles. The third kappa shape index (κ3) is 11.1. The molecule has 0 aliphatic heterocycles. The second-order valence-electron chi connectivity index (χ2n) is 6.20. The average molecular weight is 311 g/mol. The highest BCUT2D eigenvalue weighted by Gasteiger charge is 2.26. The number of carboxylic acids is 1. The number of carbonyl (C=O) groups is 2. The van der Waals surface area contributed by atoms with E-state index in [1.165, 1.54) is 18.9 Å². The number of carbonyl (C=O) groups excluding carboxylic acids is 2. The van der Waals surface area contributed by atoms with Gasteiger partial charge in [-0.05, 0) is 19.3 Å². The molecule has 0 aliphatic rings. The van der Waals surface area contributed by atoms with Gasteiger partial charge in [-0.15, -0.1) is 0 Å². The van der Waals surface area contributed by atoms with Crippen LogP contribution in [-0.4, -0.2) is 43.8 Å². The van der Waals surface area contributed by atoms with E-state index in [0.717, 1.165) is 12.8 Å². The minimum Gasteiger partial charge on any atom is -0.550 e. The minimum absolute atomic E-state index is 0.130. The normalized spacial score (nSPS) is 13.6. The van der Waals surface area contributed by atoms with Gasteiger partial charge >= 0.3 is 5.97 Å². The fourth-order valence-corrected chi connectivity index (χ4v) is 1.84. The zero-order valence-electron chi connectivity index (χ0n) is 14.2. The lowest BCUT2D eigenvalue weighted by atomic mass is 10.2. The molecule has 22 heavy (non-hydrogen) atoms. The summed E-state index contributed by atoms with van der Waals surface area (Å²) in [5.74, 6) is -1.60. The summed E-state index contributed by atoms with van der Waals surface area (Å²) in [6.45, 7) is 2.16. The molecular formula is C17H29NO4. The van der Waals surface area contributed by atoms with E-state index in [0.29, 0.717) is 4.48 Å². The number of ether oxygens (including phenoxy) is 1. The highest BCUT2D eigenvalue weighted by Crippen LogP contribution is 2.12. The van der Waals surface area contributed by atoms with E-state index in [9.17, 15) is 14.7 Å². The van der Waals surface area contributed by atoms with E-state index < -0.39 is 18.2 Å². The number of allylic oxidation sites excluding steroid dienone is 3. The SMILES string of the molecule is CCCCC/C=C\C=C\C(=O)O[C@@H](CCC(=O)[O-])[N+](C)(C)C. The van der Waals surface area contributed by atoms with E-state index >= 15 is 0 Å². The van der Waals surface area contributed by atoms with Crippen molar-refractivity contribution in [2.75, 3.05) is 21.1 Å². The number of rotatable bonds is 11. The maximum absolute atomic E-state index is 11.8. The van der Waals surface area contributed by atoms with Gasteiger partial charge in [-0.1, -0.05) is 38.0 Å². The summed E-state index contributed by atoms with van der Waals surface area (Å²) in [5, 5.41) is 10.6. The van der Waals surface area contributed by atoms with Crippen LogP contribution in [0.2, 0.25) is 0 Å². The molecule has 0 aromatic rings. The summed E-state index contributed by atoms with van der Waals surface area (Å²) in [4.78, 5) is 22.3. The Hall–Kier alpha value is -1.62. The second-order valence-corrected chi connectivity index (χ2v) is 6.20. The van der Waals surface area contributed by atoms with Crippen molar-refractivity contribution >= 4 is 11.9 Å². The Labute approximate surface area is 133 Å². The fraction of sp³-hybridized carbons (Fsp3) is 0.647. The molecule has 0 fully saturated rings. The smallest absolute Gasteiger partial charge is 0.335 e. The molecule has 5 heteroatoms. The summed E-state index contributed by atoms with van der Waals surface area (Å²) < 4.78 is 5.68. The molecule has 0 heterocycles. The van der Waals surface area contributed by atoms with E-state index in [1.807, 2.05) is 33.3 Å². The number of hydrogen-bond acceptors (Lipinski definition) is 4.